The van der Waals surface area contributed by atoms with Crippen LogP contribution in [0.1, 0.15) is 26.3 Å². The van der Waals surface area contributed by atoms with Gasteiger partial charge in [-0.05, 0) is 37.2 Å². The third-order valence-corrected chi connectivity index (χ3v) is 4.70. The minimum absolute atomic E-state index is 0.00274. The van der Waals surface area contributed by atoms with Crippen LogP contribution in [0, 0.1) is 0 Å². The highest BCUT2D eigenvalue weighted by Gasteiger charge is 2.21. The molecule has 0 aliphatic carbocycles. The van der Waals surface area contributed by atoms with Crippen molar-refractivity contribution in [2.45, 2.75) is 6.42 Å². The maximum Gasteiger partial charge on any atom is 0.253 e. The second-order valence-corrected chi connectivity index (χ2v) is 6.67. The summed E-state index contributed by atoms with van der Waals surface area (Å²) in [5.41, 5.74) is 2.29. The van der Waals surface area contributed by atoms with Crippen LogP contribution in [0.5, 0.6) is 0 Å². The fourth-order valence-corrected chi connectivity index (χ4v) is 3.05. The second kappa shape index (κ2) is 8.63. The van der Waals surface area contributed by atoms with Crippen molar-refractivity contribution in [3.8, 4) is 0 Å². The molecule has 1 N–H and O–H groups in total. The Kier molecular flexibility index (Phi) is 6.02. The topological polar surface area (TPSA) is 52.7 Å². The van der Waals surface area contributed by atoms with Crippen molar-refractivity contribution in [1.82, 2.24) is 15.1 Å². The van der Waals surface area contributed by atoms with E-state index in [0.717, 1.165) is 32.6 Å². The zero-order chi connectivity index (χ0) is 18.4. The summed E-state index contributed by atoms with van der Waals surface area (Å²) >= 11 is 0. The third kappa shape index (κ3) is 4.70. The first-order chi connectivity index (χ1) is 12.6. The number of carbonyl (C=O) groups excluding carboxylic acids is 2. The van der Waals surface area contributed by atoms with Crippen molar-refractivity contribution in [2.75, 3.05) is 39.8 Å². The Bertz CT molecular complexity index is 753. The van der Waals surface area contributed by atoms with Gasteiger partial charge in [0, 0.05) is 43.9 Å². The monoisotopic (exact) mass is 351 g/mol. The molecule has 0 unspecified atom stereocenters. The smallest absolute Gasteiger partial charge is 0.253 e. The van der Waals surface area contributed by atoms with Gasteiger partial charge in [-0.1, -0.05) is 36.4 Å². The molecule has 3 rings (SSSR count). The van der Waals surface area contributed by atoms with Gasteiger partial charge in [0.2, 0.25) is 0 Å². The number of hydrogen-bond donors (Lipinski definition) is 1. The summed E-state index contributed by atoms with van der Waals surface area (Å²) in [6, 6.07) is 17.0. The van der Waals surface area contributed by atoms with E-state index in [1.165, 1.54) is 5.56 Å². The summed E-state index contributed by atoms with van der Waals surface area (Å²) < 4.78 is 0. The Morgan fingerprint density at radius 3 is 2.35 bits per heavy atom. The molecule has 1 heterocycles. The van der Waals surface area contributed by atoms with Crippen LogP contribution in [0.15, 0.2) is 54.6 Å². The van der Waals surface area contributed by atoms with Gasteiger partial charge in [-0.15, -0.1) is 0 Å². The molecule has 1 aliphatic rings. The molecule has 0 aromatic heterocycles. The van der Waals surface area contributed by atoms with Crippen molar-refractivity contribution in [1.29, 1.82) is 0 Å². The Balaban J connectivity index is 1.57. The maximum absolute atomic E-state index is 12.7. The second-order valence-electron chi connectivity index (χ2n) is 6.67. The molecule has 5 heteroatoms. The zero-order valence-electron chi connectivity index (χ0n) is 15.1. The molecule has 136 valence electrons. The highest BCUT2D eigenvalue weighted by Crippen LogP contribution is 2.11. The van der Waals surface area contributed by atoms with E-state index in [1.54, 1.807) is 24.3 Å². The quantitative estimate of drug-likeness (QED) is 0.897. The third-order valence-electron chi connectivity index (χ3n) is 4.70. The van der Waals surface area contributed by atoms with Gasteiger partial charge in [0.1, 0.15) is 0 Å². The Morgan fingerprint density at radius 2 is 1.62 bits per heavy atom. The van der Waals surface area contributed by atoms with Gasteiger partial charge >= 0.3 is 0 Å². The van der Waals surface area contributed by atoms with Crippen molar-refractivity contribution in [3.05, 3.63) is 71.3 Å². The largest absolute Gasteiger partial charge is 0.352 e. The Labute approximate surface area is 154 Å². The number of rotatable bonds is 5. The van der Waals surface area contributed by atoms with E-state index in [0.29, 0.717) is 17.7 Å². The normalized spacial score (nSPS) is 14.9. The van der Waals surface area contributed by atoms with E-state index >= 15 is 0 Å². The number of amides is 2. The average Bonchev–Trinajstić information content (AvgIpc) is 2.69. The van der Waals surface area contributed by atoms with Gasteiger partial charge in [-0.2, -0.15) is 0 Å². The molecule has 0 bridgehead atoms. The van der Waals surface area contributed by atoms with Gasteiger partial charge < -0.3 is 15.1 Å². The van der Waals surface area contributed by atoms with Crippen molar-refractivity contribution < 1.29 is 9.59 Å². The van der Waals surface area contributed by atoms with Gasteiger partial charge in [-0.25, -0.2) is 0 Å². The molecule has 5 nitrogen and oxygen atoms in total. The lowest BCUT2D eigenvalue weighted by Crippen LogP contribution is -2.47. The van der Waals surface area contributed by atoms with Crippen LogP contribution in [0.3, 0.4) is 0 Å². The molecular weight excluding hydrogens is 326 g/mol. The molecule has 0 saturated carbocycles. The van der Waals surface area contributed by atoms with E-state index in [4.69, 9.17) is 0 Å². The minimum Gasteiger partial charge on any atom is -0.352 e. The molecule has 2 aromatic rings. The molecule has 26 heavy (non-hydrogen) atoms. The predicted octanol–water partition coefficient (Wildman–Crippen LogP) is 2.05. The SMILES string of the molecule is CN1CCN(C(=O)c2cccc(C(=O)NCCc3ccccc3)c2)CC1. The van der Waals surface area contributed by atoms with Crippen LogP contribution in [0.4, 0.5) is 0 Å². The minimum atomic E-state index is -0.144. The molecule has 1 fully saturated rings. The first-order valence-electron chi connectivity index (χ1n) is 9.03. The van der Waals surface area contributed by atoms with Crippen LogP contribution in [-0.2, 0) is 6.42 Å². The molecule has 0 spiro atoms. The first-order valence-corrected chi connectivity index (χ1v) is 9.03. The Morgan fingerprint density at radius 1 is 0.923 bits per heavy atom. The lowest BCUT2D eigenvalue weighted by Gasteiger charge is -2.32. The van der Waals surface area contributed by atoms with E-state index in [2.05, 4.69) is 17.3 Å². The number of nitrogens with zero attached hydrogens (tertiary/aromatic N) is 2. The van der Waals surface area contributed by atoms with Gasteiger partial charge in [0.05, 0.1) is 0 Å². The number of piperazine rings is 1. The van der Waals surface area contributed by atoms with Crippen LogP contribution >= 0.6 is 0 Å². The molecule has 2 aromatic carbocycles. The van der Waals surface area contributed by atoms with Crippen LogP contribution in [0.25, 0.3) is 0 Å². The molecule has 1 aliphatic heterocycles. The molecule has 2 amide bonds. The molecule has 0 radical (unpaired) electrons. The predicted molar refractivity (Wildman–Crippen MR) is 102 cm³/mol. The number of nitrogens with one attached hydrogen (secondary N) is 1. The summed E-state index contributed by atoms with van der Waals surface area (Å²) in [6.45, 7) is 3.78. The van der Waals surface area contributed by atoms with Crippen molar-refractivity contribution in [2.24, 2.45) is 0 Å². The number of benzene rings is 2. The summed E-state index contributed by atoms with van der Waals surface area (Å²) in [5, 5.41) is 2.93. The van der Waals surface area contributed by atoms with Crippen molar-refractivity contribution in [3.63, 3.8) is 0 Å². The number of hydrogen-bond acceptors (Lipinski definition) is 3. The molecular formula is C21H25N3O2. The van der Waals surface area contributed by atoms with E-state index < -0.39 is 0 Å². The van der Waals surface area contributed by atoms with Gasteiger partial charge in [0.15, 0.2) is 0 Å². The van der Waals surface area contributed by atoms with E-state index in [9.17, 15) is 9.59 Å². The average molecular weight is 351 g/mol. The fraction of sp³-hybridized carbons (Fsp3) is 0.333. The van der Waals surface area contributed by atoms with Crippen LogP contribution in [-0.4, -0.2) is 61.4 Å². The van der Waals surface area contributed by atoms with Crippen molar-refractivity contribution >= 4 is 11.8 Å². The van der Waals surface area contributed by atoms with Crippen LogP contribution < -0.4 is 5.32 Å². The van der Waals surface area contributed by atoms with Gasteiger partial charge in [-0.3, -0.25) is 9.59 Å². The Hall–Kier alpha value is -2.66. The van der Waals surface area contributed by atoms with Gasteiger partial charge in [0.25, 0.3) is 11.8 Å². The molecule has 1 saturated heterocycles. The summed E-state index contributed by atoms with van der Waals surface area (Å²) in [7, 11) is 2.06. The highest BCUT2D eigenvalue weighted by atomic mass is 16.2. The highest BCUT2D eigenvalue weighted by molar-refractivity contribution is 5.99. The summed E-state index contributed by atoms with van der Waals surface area (Å²) in [4.78, 5) is 29.1. The summed E-state index contributed by atoms with van der Waals surface area (Å²) in [6.07, 6.45) is 0.784. The molecule has 0 atom stereocenters. The standard InChI is InChI=1S/C21H25N3O2/c1-23-12-14-24(15-13-23)21(26)19-9-5-8-18(16-19)20(25)22-11-10-17-6-3-2-4-7-17/h2-9,16H,10-15H2,1H3,(H,22,25). The fourth-order valence-electron chi connectivity index (χ4n) is 3.05. The zero-order valence-corrected chi connectivity index (χ0v) is 15.1. The first kappa shape index (κ1) is 18.1. The lowest BCUT2D eigenvalue weighted by molar-refractivity contribution is 0.0664. The van der Waals surface area contributed by atoms with E-state index in [-0.39, 0.29) is 11.8 Å². The van der Waals surface area contributed by atoms with E-state index in [1.807, 2.05) is 35.2 Å². The maximum atomic E-state index is 12.7. The summed E-state index contributed by atoms with van der Waals surface area (Å²) in [5.74, 6) is -0.147. The number of likely N-dealkylation sites (N-methyl/N-ethyl adjacent to an activating group) is 1. The number of carbonyl (C=O) groups is 2. The lowest BCUT2D eigenvalue weighted by atomic mass is 10.1. The van der Waals surface area contributed by atoms with Crippen LogP contribution in [0.2, 0.25) is 0 Å².